The lowest BCUT2D eigenvalue weighted by Crippen LogP contribution is -2.55. The maximum atomic E-state index is 12.8. The van der Waals surface area contributed by atoms with Crippen molar-refractivity contribution in [2.24, 2.45) is 0 Å². The smallest absolute Gasteiger partial charge is 0.341 e. The number of rotatable bonds is 8. The second kappa shape index (κ2) is 9.76. The molecule has 168 valence electrons. The highest BCUT2D eigenvalue weighted by atomic mass is 32.2. The summed E-state index contributed by atoms with van der Waals surface area (Å²) in [5, 5.41) is 7.27. The van der Waals surface area contributed by atoms with Crippen molar-refractivity contribution in [3.8, 4) is 0 Å². The molecule has 1 aromatic carbocycles. The first-order valence-electron chi connectivity index (χ1n) is 10.7. The fourth-order valence-corrected chi connectivity index (χ4v) is 6.32. The molecule has 0 saturated carbocycles. The highest BCUT2D eigenvalue weighted by Gasteiger charge is 2.42. The number of anilines is 1. The Kier molecular flexibility index (Phi) is 7.50. The summed E-state index contributed by atoms with van der Waals surface area (Å²) in [4.78, 5) is 27.8. The number of hydrogen-bond donors (Lipinski definition) is 2. The molecule has 0 radical (unpaired) electrons. The van der Waals surface area contributed by atoms with E-state index in [1.54, 1.807) is 18.7 Å². The third-order valence-electron chi connectivity index (χ3n) is 5.14. The molecule has 1 aliphatic rings. The van der Waals surface area contributed by atoms with Crippen LogP contribution in [0.2, 0.25) is 0 Å². The first-order chi connectivity index (χ1) is 14.6. The molecule has 1 aliphatic heterocycles. The minimum absolute atomic E-state index is 0.0668. The van der Waals surface area contributed by atoms with Crippen LogP contribution in [0, 0.1) is 0 Å². The lowest BCUT2D eigenvalue weighted by Gasteiger charge is -2.42. The van der Waals surface area contributed by atoms with Crippen molar-refractivity contribution >= 4 is 40.0 Å². The molecule has 2 aromatic rings. The minimum Gasteiger partial charge on any atom is -0.462 e. The van der Waals surface area contributed by atoms with Crippen molar-refractivity contribution in [3.63, 3.8) is 0 Å². The van der Waals surface area contributed by atoms with E-state index >= 15 is 0 Å². The Labute approximate surface area is 193 Å². The van der Waals surface area contributed by atoms with Crippen molar-refractivity contribution < 1.29 is 14.3 Å². The summed E-state index contributed by atoms with van der Waals surface area (Å²) in [5.74, 6) is 0.445. The molecule has 2 heterocycles. The molecule has 7 heteroatoms. The maximum Gasteiger partial charge on any atom is 0.341 e. The molecule has 1 amide bonds. The molecule has 0 spiro atoms. The molecule has 1 aromatic heterocycles. The van der Waals surface area contributed by atoms with Crippen LogP contribution >= 0.6 is 23.1 Å². The molecular weight excluding hydrogens is 428 g/mol. The Morgan fingerprint density at radius 2 is 1.90 bits per heavy atom. The van der Waals surface area contributed by atoms with Crippen molar-refractivity contribution in [2.45, 2.75) is 69.9 Å². The number of thiophene rings is 1. The van der Waals surface area contributed by atoms with Crippen LogP contribution in [0.5, 0.6) is 0 Å². The fourth-order valence-electron chi connectivity index (χ4n) is 4.16. The quantitative estimate of drug-likeness (QED) is 0.305. The molecule has 31 heavy (non-hydrogen) atoms. The van der Waals surface area contributed by atoms with E-state index in [2.05, 4.69) is 50.5 Å². The average Bonchev–Trinajstić information content (AvgIpc) is 3.03. The van der Waals surface area contributed by atoms with E-state index in [0.29, 0.717) is 30.0 Å². The lowest BCUT2D eigenvalue weighted by molar-refractivity contribution is -0.116. The van der Waals surface area contributed by atoms with Crippen LogP contribution in [-0.4, -0.2) is 29.8 Å². The number of thioether (sulfide) groups is 1. The van der Waals surface area contributed by atoms with Gasteiger partial charge in [-0.25, -0.2) is 4.79 Å². The molecule has 0 bridgehead atoms. The number of carbonyl (C=O) groups excluding carboxylic acids is 2. The monoisotopic (exact) mass is 460 g/mol. The normalized spacial score (nSPS) is 16.4. The van der Waals surface area contributed by atoms with Crippen LogP contribution in [-0.2, 0) is 21.5 Å². The Balaban J connectivity index is 1.73. The van der Waals surface area contributed by atoms with Crippen molar-refractivity contribution in [2.75, 3.05) is 17.7 Å². The molecular formula is C24H32N2O3S2. The van der Waals surface area contributed by atoms with E-state index in [-0.39, 0.29) is 23.0 Å². The lowest BCUT2D eigenvalue weighted by atomic mass is 9.81. The summed E-state index contributed by atoms with van der Waals surface area (Å²) < 4.78 is 5.35. The van der Waals surface area contributed by atoms with Gasteiger partial charge in [-0.3, -0.25) is 4.79 Å². The molecule has 0 atom stereocenters. The molecule has 0 aliphatic carbocycles. The van der Waals surface area contributed by atoms with Crippen LogP contribution in [0.1, 0.15) is 68.3 Å². The molecule has 0 fully saturated rings. The Morgan fingerprint density at radius 1 is 1.19 bits per heavy atom. The average molecular weight is 461 g/mol. The second-order valence-corrected chi connectivity index (χ2v) is 11.1. The van der Waals surface area contributed by atoms with Gasteiger partial charge in [0, 0.05) is 27.3 Å². The van der Waals surface area contributed by atoms with Gasteiger partial charge in [-0.1, -0.05) is 18.2 Å². The van der Waals surface area contributed by atoms with E-state index in [4.69, 9.17) is 4.74 Å². The molecule has 3 rings (SSSR count). The number of amides is 1. The minimum atomic E-state index is -0.358. The van der Waals surface area contributed by atoms with E-state index in [9.17, 15) is 9.59 Å². The predicted molar refractivity (Wildman–Crippen MR) is 129 cm³/mol. The van der Waals surface area contributed by atoms with Gasteiger partial charge in [-0.05, 0) is 70.9 Å². The summed E-state index contributed by atoms with van der Waals surface area (Å²) >= 11 is 3.23. The predicted octanol–water partition coefficient (Wildman–Crippen LogP) is 5.60. The fraction of sp³-hybridized carbons (Fsp3) is 0.500. The Morgan fingerprint density at radius 3 is 2.58 bits per heavy atom. The van der Waals surface area contributed by atoms with Gasteiger partial charge >= 0.3 is 5.97 Å². The summed E-state index contributed by atoms with van der Waals surface area (Å²) in [6.07, 6.45) is 1.89. The number of nitrogens with one attached hydrogen (secondary N) is 2. The van der Waals surface area contributed by atoms with Crippen molar-refractivity contribution in [1.29, 1.82) is 0 Å². The zero-order chi connectivity index (χ0) is 22.6. The third-order valence-corrected chi connectivity index (χ3v) is 7.71. The number of fused-ring (bicyclic) bond motifs is 1. The van der Waals surface area contributed by atoms with Gasteiger partial charge in [-0.2, -0.15) is 0 Å². The third kappa shape index (κ3) is 5.90. The van der Waals surface area contributed by atoms with Gasteiger partial charge in [0.1, 0.15) is 5.00 Å². The van der Waals surface area contributed by atoms with Gasteiger partial charge in [0.25, 0.3) is 0 Å². The van der Waals surface area contributed by atoms with Gasteiger partial charge < -0.3 is 15.4 Å². The van der Waals surface area contributed by atoms with Crippen LogP contribution in [0.3, 0.4) is 0 Å². The number of esters is 1. The van der Waals surface area contributed by atoms with Gasteiger partial charge in [0.15, 0.2) is 0 Å². The van der Waals surface area contributed by atoms with Crippen LogP contribution in [0.4, 0.5) is 5.00 Å². The van der Waals surface area contributed by atoms with Crippen molar-refractivity contribution in [3.05, 3.63) is 46.3 Å². The SMILES string of the molecule is CCOC(=O)c1c(NC(=O)CCCSc2ccccc2)sc2c1CC(C)(C)NC2(C)C. The first kappa shape index (κ1) is 23.8. The molecule has 2 N–H and O–H groups in total. The largest absolute Gasteiger partial charge is 0.462 e. The highest BCUT2D eigenvalue weighted by Crippen LogP contribution is 2.45. The van der Waals surface area contributed by atoms with E-state index < -0.39 is 0 Å². The van der Waals surface area contributed by atoms with Gasteiger partial charge in [-0.15, -0.1) is 23.1 Å². The number of benzene rings is 1. The van der Waals surface area contributed by atoms with E-state index in [1.807, 2.05) is 18.2 Å². The summed E-state index contributed by atoms with van der Waals surface area (Å²) in [6.45, 7) is 10.6. The standard InChI is InChI=1S/C24H32N2O3S2/c1-6-29-22(28)19-17-15-23(2,3)26-24(4,5)20(17)31-21(19)25-18(27)13-10-14-30-16-11-8-7-9-12-16/h7-9,11-12,26H,6,10,13-15H2,1-5H3,(H,25,27). The highest BCUT2D eigenvalue weighted by molar-refractivity contribution is 7.99. The molecule has 5 nitrogen and oxygen atoms in total. The van der Waals surface area contributed by atoms with Crippen LogP contribution in [0.25, 0.3) is 0 Å². The maximum absolute atomic E-state index is 12.8. The zero-order valence-electron chi connectivity index (χ0n) is 19.0. The van der Waals surface area contributed by atoms with E-state index in [1.165, 1.54) is 16.2 Å². The topological polar surface area (TPSA) is 67.4 Å². The first-order valence-corrected chi connectivity index (χ1v) is 12.5. The Hall–Kier alpha value is -1.83. The summed E-state index contributed by atoms with van der Waals surface area (Å²) in [5.41, 5.74) is 1.07. The van der Waals surface area contributed by atoms with Crippen LogP contribution < -0.4 is 10.6 Å². The van der Waals surface area contributed by atoms with Crippen LogP contribution in [0.15, 0.2) is 35.2 Å². The second-order valence-electron chi connectivity index (χ2n) is 8.96. The zero-order valence-corrected chi connectivity index (χ0v) is 20.6. The van der Waals surface area contributed by atoms with Crippen molar-refractivity contribution in [1.82, 2.24) is 5.32 Å². The van der Waals surface area contributed by atoms with Gasteiger partial charge in [0.2, 0.25) is 5.91 Å². The Bertz CT molecular complexity index is 936. The number of hydrogen-bond acceptors (Lipinski definition) is 6. The molecule has 0 saturated heterocycles. The number of carbonyl (C=O) groups is 2. The number of ether oxygens (including phenoxy) is 1. The summed E-state index contributed by atoms with van der Waals surface area (Å²) in [6, 6.07) is 10.2. The molecule has 0 unspecified atom stereocenters. The van der Waals surface area contributed by atoms with E-state index in [0.717, 1.165) is 22.6 Å². The van der Waals surface area contributed by atoms with Gasteiger partial charge in [0.05, 0.1) is 12.2 Å². The summed E-state index contributed by atoms with van der Waals surface area (Å²) in [7, 11) is 0.